The van der Waals surface area contributed by atoms with Gasteiger partial charge in [0, 0.05) is 36.3 Å². The van der Waals surface area contributed by atoms with Gasteiger partial charge in [-0.25, -0.2) is 0 Å². The van der Waals surface area contributed by atoms with Crippen LogP contribution >= 0.6 is 15.9 Å². The Balaban J connectivity index is 1.86. The average Bonchev–Trinajstić information content (AvgIpc) is 2.39. The first-order valence-corrected chi connectivity index (χ1v) is 7.20. The van der Waals surface area contributed by atoms with Gasteiger partial charge in [0.15, 0.2) is 0 Å². The third-order valence-electron chi connectivity index (χ3n) is 3.13. The van der Waals surface area contributed by atoms with Crippen molar-refractivity contribution in [3.8, 4) is 0 Å². The van der Waals surface area contributed by atoms with Gasteiger partial charge in [-0.1, -0.05) is 15.9 Å². The minimum atomic E-state index is -0.376. The van der Waals surface area contributed by atoms with Gasteiger partial charge in [0.1, 0.15) is 0 Å². The van der Waals surface area contributed by atoms with E-state index in [9.17, 15) is 10.1 Å². The topological polar surface area (TPSA) is 64.4 Å². The minimum Gasteiger partial charge on any atom is -0.377 e. The highest BCUT2D eigenvalue weighted by molar-refractivity contribution is 9.10. The lowest BCUT2D eigenvalue weighted by atomic mass is 10.1. The smallest absolute Gasteiger partial charge is 0.270 e. The van der Waals surface area contributed by atoms with E-state index in [2.05, 4.69) is 21.2 Å². The van der Waals surface area contributed by atoms with Crippen molar-refractivity contribution in [2.75, 3.05) is 13.2 Å². The van der Waals surface area contributed by atoms with Crippen molar-refractivity contribution in [1.29, 1.82) is 0 Å². The maximum Gasteiger partial charge on any atom is 0.270 e. The Kier molecular flexibility index (Phi) is 5.30. The van der Waals surface area contributed by atoms with E-state index in [-0.39, 0.29) is 16.7 Å². The van der Waals surface area contributed by atoms with Crippen LogP contribution in [0.1, 0.15) is 24.8 Å². The van der Waals surface area contributed by atoms with Crippen LogP contribution in [0.4, 0.5) is 5.69 Å². The maximum atomic E-state index is 10.8. The highest BCUT2D eigenvalue weighted by atomic mass is 79.9. The first-order valence-electron chi connectivity index (χ1n) is 6.41. The van der Waals surface area contributed by atoms with Gasteiger partial charge in [0.05, 0.1) is 11.0 Å². The summed E-state index contributed by atoms with van der Waals surface area (Å²) in [7, 11) is 0. The fourth-order valence-electron chi connectivity index (χ4n) is 2.19. The van der Waals surface area contributed by atoms with Gasteiger partial charge >= 0.3 is 0 Å². The molecule has 1 fully saturated rings. The monoisotopic (exact) mass is 328 g/mol. The van der Waals surface area contributed by atoms with Crippen molar-refractivity contribution in [1.82, 2.24) is 5.32 Å². The second-order valence-electron chi connectivity index (χ2n) is 4.69. The number of benzene rings is 1. The minimum absolute atomic E-state index is 0.111. The fourth-order valence-corrected chi connectivity index (χ4v) is 2.72. The van der Waals surface area contributed by atoms with E-state index >= 15 is 0 Å². The van der Waals surface area contributed by atoms with E-state index < -0.39 is 0 Å². The average molecular weight is 329 g/mol. The summed E-state index contributed by atoms with van der Waals surface area (Å²) in [4.78, 5) is 10.4. The number of nitrogens with zero attached hydrogens (tertiary/aromatic N) is 1. The fraction of sp³-hybridized carbons (Fsp3) is 0.538. The molecule has 0 bridgehead atoms. The summed E-state index contributed by atoms with van der Waals surface area (Å²) in [5, 5.41) is 14.1. The lowest BCUT2D eigenvalue weighted by Gasteiger charge is -2.22. The number of non-ortho nitro benzene ring substituents is 1. The molecule has 5 nitrogen and oxygen atoms in total. The number of ether oxygens (including phenoxy) is 1. The van der Waals surface area contributed by atoms with E-state index in [0.717, 1.165) is 36.0 Å². The van der Waals surface area contributed by atoms with Crippen LogP contribution in [-0.4, -0.2) is 24.2 Å². The molecule has 1 heterocycles. The quantitative estimate of drug-likeness (QED) is 0.666. The molecule has 0 saturated carbocycles. The lowest BCUT2D eigenvalue weighted by molar-refractivity contribution is -0.385. The third-order valence-corrected chi connectivity index (χ3v) is 3.59. The standard InChI is InChI=1S/C13H17BrN2O3/c14-11-5-10(6-12(7-11)16(17)18)8-15-9-13-3-1-2-4-19-13/h5-7,13,15H,1-4,8-9H2. The van der Waals surface area contributed by atoms with Gasteiger partial charge in [-0.15, -0.1) is 0 Å². The molecular weight excluding hydrogens is 312 g/mol. The van der Waals surface area contributed by atoms with Gasteiger partial charge in [-0.2, -0.15) is 0 Å². The molecule has 0 radical (unpaired) electrons. The molecule has 1 saturated heterocycles. The van der Waals surface area contributed by atoms with Crippen molar-refractivity contribution < 1.29 is 9.66 Å². The molecule has 1 aliphatic heterocycles. The van der Waals surface area contributed by atoms with E-state index in [0.29, 0.717) is 6.54 Å². The van der Waals surface area contributed by atoms with Gasteiger partial charge in [-0.05, 0) is 30.9 Å². The van der Waals surface area contributed by atoms with Crippen molar-refractivity contribution >= 4 is 21.6 Å². The summed E-state index contributed by atoms with van der Waals surface area (Å²) < 4.78 is 6.35. The second kappa shape index (κ2) is 6.98. The predicted molar refractivity (Wildman–Crippen MR) is 76.1 cm³/mol. The summed E-state index contributed by atoms with van der Waals surface area (Å²) in [6.07, 6.45) is 3.73. The van der Waals surface area contributed by atoms with Crippen LogP contribution in [-0.2, 0) is 11.3 Å². The molecule has 1 atom stereocenters. The number of rotatable bonds is 5. The van der Waals surface area contributed by atoms with Crippen molar-refractivity contribution in [2.24, 2.45) is 0 Å². The zero-order valence-electron chi connectivity index (χ0n) is 10.6. The van der Waals surface area contributed by atoms with Crippen molar-refractivity contribution in [3.05, 3.63) is 38.3 Å². The molecule has 1 N–H and O–H groups in total. The number of nitro benzene ring substituents is 1. The second-order valence-corrected chi connectivity index (χ2v) is 5.61. The van der Waals surface area contributed by atoms with Crippen LogP contribution < -0.4 is 5.32 Å². The molecule has 6 heteroatoms. The summed E-state index contributed by atoms with van der Waals surface area (Å²) in [6.45, 7) is 2.25. The summed E-state index contributed by atoms with van der Waals surface area (Å²) in [6, 6.07) is 5.00. The molecule has 1 aromatic carbocycles. The maximum absolute atomic E-state index is 10.8. The van der Waals surface area contributed by atoms with E-state index in [1.165, 1.54) is 12.5 Å². The van der Waals surface area contributed by atoms with Gasteiger partial charge in [0.2, 0.25) is 0 Å². The Morgan fingerprint density at radius 1 is 1.42 bits per heavy atom. The number of halogens is 1. The van der Waals surface area contributed by atoms with E-state index in [1.807, 2.05) is 6.07 Å². The van der Waals surface area contributed by atoms with Crippen LogP contribution in [0.15, 0.2) is 22.7 Å². The SMILES string of the molecule is O=[N+]([O-])c1cc(Br)cc(CNCC2CCCCO2)c1. The zero-order chi connectivity index (χ0) is 13.7. The molecule has 104 valence electrons. The van der Waals surface area contributed by atoms with Crippen LogP contribution in [0.5, 0.6) is 0 Å². The molecule has 19 heavy (non-hydrogen) atoms. The molecule has 1 aliphatic rings. The summed E-state index contributed by atoms with van der Waals surface area (Å²) in [5.74, 6) is 0. The van der Waals surface area contributed by atoms with Crippen LogP contribution in [0.2, 0.25) is 0 Å². The molecular formula is C13H17BrN2O3. The van der Waals surface area contributed by atoms with Crippen molar-refractivity contribution in [2.45, 2.75) is 31.9 Å². The lowest BCUT2D eigenvalue weighted by Crippen LogP contribution is -2.31. The van der Waals surface area contributed by atoms with Crippen LogP contribution in [0.25, 0.3) is 0 Å². The Morgan fingerprint density at radius 2 is 2.26 bits per heavy atom. The number of hydrogen-bond acceptors (Lipinski definition) is 4. The molecule has 2 rings (SSSR count). The van der Waals surface area contributed by atoms with Crippen LogP contribution in [0.3, 0.4) is 0 Å². The van der Waals surface area contributed by atoms with E-state index in [1.54, 1.807) is 6.07 Å². The highest BCUT2D eigenvalue weighted by Gasteiger charge is 2.13. The zero-order valence-corrected chi connectivity index (χ0v) is 12.2. The third kappa shape index (κ3) is 4.56. The molecule has 1 unspecified atom stereocenters. The summed E-state index contributed by atoms with van der Waals surface area (Å²) in [5.41, 5.74) is 1.01. The molecule has 0 spiro atoms. The number of nitrogens with one attached hydrogen (secondary N) is 1. The van der Waals surface area contributed by atoms with Gasteiger partial charge in [0.25, 0.3) is 5.69 Å². The molecule has 0 aromatic heterocycles. The first-order chi connectivity index (χ1) is 9.15. The highest BCUT2D eigenvalue weighted by Crippen LogP contribution is 2.21. The molecule has 0 aliphatic carbocycles. The van der Waals surface area contributed by atoms with Gasteiger partial charge < -0.3 is 10.1 Å². The van der Waals surface area contributed by atoms with E-state index in [4.69, 9.17) is 4.74 Å². The predicted octanol–water partition coefficient (Wildman–Crippen LogP) is 3.02. The Morgan fingerprint density at radius 3 is 2.95 bits per heavy atom. The van der Waals surface area contributed by atoms with Crippen molar-refractivity contribution in [3.63, 3.8) is 0 Å². The largest absolute Gasteiger partial charge is 0.377 e. The normalized spacial score (nSPS) is 19.3. The Bertz CT molecular complexity index is 448. The number of hydrogen-bond donors (Lipinski definition) is 1. The Labute approximate surface area is 120 Å². The summed E-state index contributed by atoms with van der Waals surface area (Å²) >= 11 is 3.29. The van der Waals surface area contributed by atoms with Crippen LogP contribution in [0, 0.1) is 10.1 Å². The molecule has 0 amide bonds. The number of nitro groups is 1. The Hall–Kier alpha value is -0.980. The van der Waals surface area contributed by atoms with Gasteiger partial charge in [-0.3, -0.25) is 10.1 Å². The first kappa shape index (κ1) is 14.4. The molecule has 1 aromatic rings.